The average Bonchev–Trinajstić information content (AvgIpc) is 2.17. The first-order valence-corrected chi connectivity index (χ1v) is 6.53. The second-order valence-electron chi connectivity index (χ2n) is 2.65. The monoisotopic (exact) mass is 226 g/mol. The molecule has 0 atom stereocenters. The van der Waals surface area contributed by atoms with Crippen LogP contribution >= 0.6 is 35.1 Å². The van der Waals surface area contributed by atoms with Crippen molar-refractivity contribution >= 4 is 35.1 Å². The van der Waals surface area contributed by atoms with Crippen molar-refractivity contribution in [1.82, 2.24) is 0 Å². The van der Waals surface area contributed by atoms with Crippen LogP contribution in [-0.2, 0) is 0 Å². The minimum atomic E-state index is -0.149. The van der Waals surface area contributed by atoms with Crippen LogP contribution in [0.15, 0.2) is 11.4 Å². The average molecular weight is 227 g/mol. The zero-order chi connectivity index (χ0) is 8.97. The molecular weight excluding hydrogens is 215 g/mol. The van der Waals surface area contributed by atoms with E-state index in [1.807, 2.05) is 30.4 Å². The third-order valence-electron chi connectivity index (χ3n) is 1.73. The van der Waals surface area contributed by atoms with Gasteiger partial charge in [0.15, 0.2) is 0 Å². The summed E-state index contributed by atoms with van der Waals surface area (Å²) in [5.41, 5.74) is 0.819. The summed E-state index contributed by atoms with van der Waals surface area (Å²) in [6.07, 6.45) is 1.24. The van der Waals surface area contributed by atoms with E-state index in [-0.39, 0.29) is 11.7 Å². The molecular formula is C8H12ClFS2. The van der Waals surface area contributed by atoms with Crippen LogP contribution in [0.3, 0.4) is 0 Å². The molecule has 0 radical (unpaired) electrons. The number of hydrogen-bond acceptors (Lipinski definition) is 2. The summed E-state index contributed by atoms with van der Waals surface area (Å²) in [4.78, 5) is 0. The van der Waals surface area contributed by atoms with Gasteiger partial charge in [-0.15, -0.1) is 35.1 Å². The Morgan fingerprint density at radius 2 is 2.08 bits per heavy atom. The lowest BCUT2D eigenvalue weighted by atomic mass is 10.3. The molecule has 0 N–H and O–H groups in total. The summed E-state index contributed by atoms with van der Waals surface area (Å²) in [5.74, 6) is 2.15. The van der Waals surface area contributed by atoms with Crippen molar-refractivity contribution in [2.24, 2.45) is 0 Å². The Kier molecular flexibility index (Phi) is 4.84. The van der Waals surface area contributed by atoms with Gasteiger partial charge in [0.25, 0.3) is 0 Å². The Labute approximate surface area is 86.3 Å². The van der Waals surface area contributed by atoms with Crippen LogP contribution < -0.4 is 0 Å². The lowest BCUT2D eigenvalue weighted by molar-refractivity contribution is 0.629. The molecule has 0 aromatic heterocycles. The largest absolute Gasteiger partial charge is 0.210 e. The Balaban J connectivity index is 2.55. The second-order valence-corrected chi connectivity index (χ2v) is 5.64. The van der Waals surface area contributed by atoms with Crippen LogP contribution in [0.2, 0.25) is 0 Å². The Morgan fingerprint density at radius 3 is 2.58 bits per heavy atom. The number of hydrogen-bond donors (Lipinski definition) is 0. The van der Waals surface area contributed by atoms with E-state index in [1.54, 1.807) is 0 Å². The maximum Gasteiger partial charge on any atom is 0.116 e. The van der Waals surface area contributed by atoms with E-state index in [9.17, 15) is 4.39 Å². The van der Waals surface area contributed by atoms with Gasteiger partial charge in [0.2, 0.25) is 0 Å². The van der Waals surface area contributed by atoms with Gasteiger partial charge in [0.1, 0.15) is 5.83 Å². The second kappa shape index (κ2) is 5.40. The van der Waals surface area contributed by atoms with Crippen molar-refractivity contribution in [2.45, 2.75) is 17.9 Å². The molecule has 0 nitrogen and oxygen atoms in total. The molecule has 0 saturated carbocycles. The molecule has 0 bridgehead atoms. The Bertz CT molecular complexity index is 176. The van der Waals surface area contributed by atoms with Gasteiger partial charge in [-0.1, -0.05) is 0 Å². The predicted octanol–water partition coefficient (Wildman–Crippen LogP) is 3.66. The molecule has 70 valence electrons. The van der Waals surface area contributed by atoms with Crippen LogP contribution in [0.25, 0.3) is 0 Å². The topological polar surface area (TPSA) is 0 Å². The van der Waals surface area contributed by atoms with Crippen molar-refractivity contribution in [3.05, 3.63) is 11.4 Å². The van der Waals surface area contributed by atoms with Crippen molar-refractivity contribution in [1.29, 1.82) is 0 Å². The molecule has 0 aromatic carbocycles. The van der Waals surface area contributed by atoms with E-state index >= 15 is 0 Å². The van der Waals surface area contributed by atoms with Crippen molar-refractivity contribution in [2.75, 3.05) is 17.4 Å². The van der Waals surface area contributed by atoms with E-state index in [4.69, 9.17) is 11.6 Å². The molecule has 0 aliphatic carbocycles. The molecule has 0 unspecified atom stereocenters. The first-order valence-electron chi connectivity index (χ1n) is 3.90. The third-order valence-corrected chi connectivity index (χ3v) is 5.14. The van der Waals surface area contributed by atoms with Crippen LogP contribution in [0, 0.1) is 0 Å². The fraction of sp³-hybridized carbons (Fsp3) is 0.750. The molecule has 1 saturated heterocycles. The summed E-state index contributed by atoms with van der Waals surface area (Å²) in [6, 6.07) is 0. The molecule has 1 aliphatic rings. The van der Waals surface area contributed by atoms with Crippen LogP contribution in [0.4, 0.5) is 4.39 Å². The van der Waals surface area contributed by atoms with Crippen molar-refractivity contribution < 1.29 is 4.39 Å². The summed E-state index contributed by atoms with van der Waals surface area (Å²) >= 11 is 9.06. The molecule has 1 aliphatic heterocycles. The van der Waals surface area contributed by atoms with Gasteiger partial charge < -0.3 is 0 Å². The van der Waals surface area contributed by atoms with E-state index in [0.717, 1.165) is 17.1 Å². The van der Waals surface area contributed by atoms with Gasteiger partial charge in [-0.2, -0.15) is 0 Å². The number of halogens is 2. The highest BCUT2D eigenvalue weighted by molar-refractivity contribution is 8.17. The number of rotatable bonds is 2. The van der Waals surface area contributed by atoms with Gasteiger partial charge in [-0.25, -0.2) is 4.39 Å². The molecule has 1 rings (SSSR count). The standard InChI is InChI=1S/C8H12ClFS2/c1-6(7(10)5-9)8-11-3-2-4-12-8/h8H,2-5H2,1H3. The summed E-state index contributed by atoms with van der Waals surface area (Å²) < 4.78 is 13.3. The van der Waals surface area contributed by atoms with Gasteiger partial charge in [0, 0.05) is 0 Å². The maximum absolute atomic E-state index is 13.0. The van der Waals surface area contributed by atoms with Crippen molar-refractivity contribution in [3.8, 4) is 0 Å². The first kappa shape index (κ1) is 10.7. The summed E-state index contributed by atoms with van der Waals surface area (Å²) in [6.45, 7) is 1.84. The van der Waals surface area contributed by atoms with E-state index in [2.05, 4.69) is 0 Å². The summed E-state index contributed by atoms with van der Waals surface area (Å²) in [7, 11) is 0. The highest BCUT2D eigenvalue weighted by Crippen LogP contribution is 2.36. The molecule has 0 amide bonds. The minimum absolute atomic E-state index is 0.0173. The molecule has 0 aromatic rings. The van der Waals surface area contributed by atoms with Gasteiger partial charge in [-0.05, 0) is 30.4 Å². The number of thioether (sulfide) groups is 2. The van der Waals surface area contributed by atoms with Crippen molar-refractivity contribution in [3.63, 3.8) is 0 Å². The zero-order valence-electron chi connectivity index (χ0n) is 6.98. The first-order chi connectivity index (χ1) is 5.75. The zero-order valence-corrected chi connectivity index (χ0v) is 9.37. The Morgan fingerprint density at radius 1 is 1.50 bits per heavy atom. The molecule has 4 heteroatoms. The minimum Gasteiger partial charge on any atom is -0.210 e. The lowest BCUT2D eigenvalue weighted by Crippen LogP contribution is -2.09. The molecule has 12 heavy (non-hydrogen) atoms. The quantitative estimate of drug-likeness (QED) is 0.659. The SMILES string of the molecule is CC(=C(F)CCl)C1SCCCS1. The normalized spacial score (nSPS) is 22.2. The Hall–Kier alpha value is 0.660. The molecule has 0 spiro atoms. The van der Waals surface area contributed by atoms with Gasteiger partial charge >= 0.3 is 0 Å². The number of allylic oxidation sites excluding steroid dienone is 1. The van der Waals surface area contributed by atoms with Crippen LogP contribution in [0.1, 0.15) is 13.3 Å². The highest BCUT2D eigenvalue weighted by Gasteiger charge is 2.18. The van der Waals surface area contributed by atoms with Gasteiger partial charge in [-0.3, -0.25) is 0 Å². The predicted molar refractivity (Wildman–Crippen MR) is 57.8 cm³/mol. The van der Waals surface area contributed by atoms with E-state index in [0.29, 0.717) is 4.58 Å². The number of alkyl halides is 1. The smallest absolute Gasteiger partial charge is 0.116 e. The third kappa shape index (κ3) is 2.86. The summed E-state index contributed by atoms with van der Waals surface area (Å²) in [5, 5.41) is 0. The van der Waals surface area contributed by atoms with Crippen LogP contribution in [-0.4, -0.2) is 22.0 Å². The van der Waals surface area contributed by atoms with E-state index in [1.165, 1.54) is 6.42 Å². The fourth-order valence-electron chi connectivity index (χ4n) is 0.971. The lowest BCUT2D eigenvalue weighted by Gasteiger charge is -2.21. The maximum atomic E-state index is 13.0. The van der Waals surface area contributed by atoms with Crippen LogP contribution in [0.5, 0.6) is 0 Å². The van der Waals surface area contributed by atoms with Gasteiger partial charge in [0.05, 0.1) is 10.5 Å². The molecule has 1 heterocycles. The molecule has 1 fully saturated rings. The fourth-order valence-corrected chi connectivity index (χ4v) is 4.13. The highest BCUT2D eigenvalue weighted by atomic mass is 35.5. The van der Waals surface area contributed by atoms with E-state index < -0.39 is 0 Å².